The summed E-state index contributed by atoms with van der Waals surface area (Å²) in [6, 6.07) is 12.5. The second-order valence-electron chi connectivity index (χ2n) is 10.4. The minimum absolute atomic E-state index is 0.00855. The summed E-state index contributed by atoms with van der Waals surface area (Å²) in [5.41, 5.74) is 1.13. The van der Waals surface area contributed by atoms with Gasteiger partial charge in [0.25, 0.3) is 0 Å². The normalized spacial score (nSPS) is 12.3. The van der Waals surface area contributed by atoms with E-state index in [2.05, 4.69) is 10.6 Å². The fourth-order valence-electron chi connectivity index (χ4n) is 3.93. The number of benzene rings is 2. The molecule has 0 aliphatic rings. The zero-order valence-corrected chi connectivity index (χ0v) is 24.1. The highest BCUT2D eigenvalue weighted by molar-refractivity contribution is 5.92. The van der Waals surface area contributed by atoms with Crippen LogP contribution in [0.4, 0.5) is 4.79 Å². The lowest BCUT2D eigenvalue weighted by Crippen LogP contribution is -2.54. The van der Waals surface area contributed by atoms with Gasteiger partial charge in [-0.3, -0.25) is 14.4 Å². The minimum atomic E-state index is -1.24. The first kappa shape index (κ1) is 32.6. The van der Waals surface area contributed by atoms with Crippen molar-refractivity contribution in [1.29, 1.82) is 5.26 Å². The summed E-state index contributed by atoms with van der Waals surface area (Å²) in [6.07, 6.45) is -0.932. The zero-order valence-electron chi connectivity index (χ0n) is 24.1. The number of nitrogens with one attached hydrogen (secondary N) is 2. The van der Waals surface area contributed by atoms with E-state index in [1.165, 1.54) is 12.1 Å². The van der Waals surface area contributed by atoms with Crippen LogP contribution in [0.3, 0.4) is 0 Å². The number of nitriles is 1. The molecule has 3 N–H and O–H groups in total. The van der Waals surface area contributed by atoms with E-state index in [-0.39, 0.29) is 31.7 Å². The van der Waals surface area contributed by atoms with E-state index in [1.54, 1.807) is 64.1 Å². The molecular weight excluding hydrogens is 528 g/mol. The number of alkyl carbamates (subject to hydrolysis) is 1. The zero-order chi connectivity index (χ0) is 30.6. The molecule has 2 unspecified atom stereocenters. The van der Waals surface area contributed by atoms with Crippen LogP contribution in [0.2, 0.25) is 0 Å². The lowest BCUT2D eigenvalue weighted by Gasteiger charge is -2.33. The average molecular weight is 567 g/mol. The number of esters is 1. The van der Waals surface area contributed by atoms with Gasteiger partial charge < -0.3 is 30.1 Å². The van der Waals surface area contributed by atoms with E-state index in [9.17, 15) is 29.5 Å². The third-order valence-corrected chi connectivity index (χ3v) is 5.78. The lowest BCUT2D eigenvalue weighted by molar-refractivity contribution is -0.144. The Morgan fingerprint density at radius 3 is 2.24 bits per heavy atom. The highest BCUT2D eigenvalue weighted by Gasteiger charge is 2.36. The average Bonchev–Trinajstić information content (AvgIpc) is 2.89. The maximum absolute atomic E-state index is 14.1. The van der Waals surface area contributed by atoms with Crippen LogP contribution in [0.25, 0.3) is 0 Å². The molecule has 2 atom stereocenters. The molecule has 220 valence electrons. The van der Waals surface area contributed by atoms with Gasteiger partial charge in [-0.1, -0.05) is 42.0 Å². The topological polar surface area (TPSA) is 158 Å². The monoisotopic (exact) mass is 566 g/mol. The maximum atomic E-state index is 14.1. The summed E-state index contributed by atoms with van der Waals surface area (Å²) in [4.78, 5) is 53.2. The van der Waals surface area contributed by atoms with Gasteiger partial charge >= 0.3 is 12.1 Å². The quantitative estimate of drug-likeness (QED) is 0.261. The van der Waals surface area contributed by atoms with E-state index in [4.69, 9.17) is 9.47 Å². The first-order chi connectivity index (χ1) is 19.3. The molecule has 41 heavy (non-hydrogen) atoms. The highest BCUT2D eigenvalue weighted by Crippen LogP contribution is 2.24. The summed E-state index contributed by atoms with van der Waals surface area (Å²) < 4.78 is 10.3. The second kappa shape index (κ2) is 15.3. The van der Waals surface area contributed by atoms with Crippen LogP contribution in [0, 0.1) is 18.3 Å². The van der Waals surface area contributed by atoms with Crippen LogP contribution >= 0.6 is 0 Å². The molecule has 0 spiro atoms. The molecular formula is C30H38N4O7. The number of ether oxygens (including phenoxy) is 2. The van der Waals surface area contributed by atoms with Gasteiger partial charge in [-0.25, -0.2) is 4.79 Å². The number of carbonyl (C=O) groups excluding carboxylic acids is 4. The van der Waals surface area contributed by atoms with E-state index in [0.29, 0.717) is 11.1 Å². The van der Waals surface area contributed by atoms with E-state index in [1.807, 2.05) is 13.0 Å². The van der Waals surface area contributed by atoms with Crippen LogP contribution in [0.5, 0.6) is 5.75 Å². The first-order valence-corrected chi connectivity index (χ1v) is 13.3. The number of nitrogens with zero attached hydrogens (tertiary/aromatic N) is 2. The predicted molar refractivity (Wildman–Crippen MR) is 150 cm³/mol. The van der Waals surface area contributed by atoms with Gasteiger partial charge in [-0.15, -0.1) is 0 Å². The van der Waals surface area contributed by atoms with Crippen molar-refractivity contribution in [2.75, 3.05) is 19.7 Å². The SMILES string of the molecule is CCOC(=O)CCNC(=O)C(c1ccc(C)cc1)N(CC#N)C(=O)C(Cc1ccc(O)cc1)NC(=O)OC(C)(C)C. The third kappa shape index (κ3) is 10.8. The summed E-state index contributed by atoms with van der Waals surface area (Å²) >= 11 is 0. The number of carbonyl (C=O) groups is 4. The summed E-state index contributed by atoms with van der Waals surface area (Å²) in [6.45, 7) is 8.28. The maximum Gasteiger partial charge on any atom is 0.408 e. The molecule has 0 fully saturated rings. The summed E-state index contributed by atoms with van der Waals surface area (Å²) in [7, 11) is 0. The van der Waals surface area contributed by atoms with Crippen molar-refractivity contribution in [1.82, 2.24) is 15.5 Å². The molecule has 0 aromatic heterocycles. The van der Waals surface area contributed by atoms with Crippen LogP contribution < -0.4 is 10.6 Å². The number of hydrogen-bond acceptors (Lipinski definition) is 8. The molecule has 2 aromatic carbocycles. The van der Waals surface area contributed by atoms with E-state index >= 15 is 0 Å². The number of rotatable bonds is 12. The molecule has 0 aliphatic heterocycles. The van der Waals surface area contributed by atoms with Crippen molar-refractivity contribution in [3.63, 3.8) is 0 Å². The van der Waals surface area contributed by atoms with Crippen molar-refractivity contribution in [2.45, 2.75) is 65.1 Å². The van der Waals surface area contributed by atoms with Crippen molar-refractivity contribution >= 4 is 23.9 Å². The molecule has 2 rings (SSSR count). The molecule has 0 heterocycles. The molecule has 0 saturated carbocycles. The van der Waals surface area contributed by atoms with Crippen molar-refractivity contribution in [3.8, 4) is 11.8 Å². The third-order valence-electron chi connectivity index (χ3n) is 5.78. The van der Waals surface area contributed by atoms with E-state index in [0.717, 1.165) is 10.5 Å². The highest BCUT2D eigenvalue weighted by atomic mass is 16.6. The molecule has 0 aliphatic carbocycles. The molecule has 2 aromatic rings. The van der Waals surface area contributed by atoms with Crippen LogP contribution in [-0.4, -0.2) is 65.2 Å². The van der Waals surface area contributed by atoms with Gasteiger partial charge in [-0.05, 0) is 57.9 Å². The number of aryl methyl sites for hydroxylation is 1. The Morgan fingerprint density at radius 2 is 1.68 bits per heavy atom. The smallest absolute Gasteiger partial charge is 0.408 e. The number of phenols is 1. The number of hydrogen-bond donors (Lipinski definition) is 3. The predicted octanol–water partition coefficient (Wildman–Crippen LogP) is 3.30. The standard InChI is InChI=1S/C30H38N4O7/c1-6-40-25(36)15-17-32-27(37)26(22-11-7-20(2)8-12-22)34(18-16-31)28(38)24(33-29(39)41-30(3,4)5)19-21-9-13-23(35)14-10-21/h7-14,24,26,35H,6,15,17-19H2,1-5H3,(H,32,37)(H,33,39). The van der Waals surface area contributed by atoms with Crippen molar-refractivity contribution < 1.29 is 33.8 Å². The lowest BCUT2D eigenvalue weighted by atomic mass is 9.99. The molecule has 0 saturated heterocycles. The minimum Gasteiger partial charge on any atom is -0.508 e. The van der Waals surface area contributed by atoms with E-state index < -0.39 is 48.1 Å². The van der Waals surface area contributed by atoms with Gasteiger partial charge in [0.1, 0.15) is 30.0 Å². The largest absolute Gasteiger partial charge is 0.508 e. The summed E-state index contributed by atoms with van der Waals surface area (Å²) in [5.74, 6) is -1.76. The Balaban J connectivity index is 2.46. The van der Waals surface area contributed by atoms with Gasteiger partial charge in [0.05, 0.1) is 19.1 Å². The molecule has 11 nitrogen and oxygen atoms in total. The Morgan fingerprint density at radius 1 is 1.05 bits per heavy atom. The van der Waals surface area contributed by atoms with Gasteiger partial charge in [0.15, 0.2) is 0 Å². The van der Waals surface area contributed by atoms with Gasteiger partial charge in [-0.2, -0.15) is 5.26 Å². The van der Waals surface area contributed by atoms with Gasteiger partial charge in [0.2, 0.25) is 11.8 Å². The number of phenolic OH excluding ortho intramolecular Hbond substituents is 1. The Bertz CT molecular complexity index is 1230. The fourth-order valence-corrected chi connectivity index (χ4v) is 3.93. The molecule has 0 bridgehead atoms. The van der Waals surface area contributed by atoms with Crippen LogP contribution in [-0.2, 0) is 30.3 Å². The molecule has 3 amide bonds. The van der Waals surface area contributed by atoms with Gasteiger partial charge in [0, 0.05) is 13.0 Å². The second-order valence-corrected chi connectivity index (χ2v) is 10.4. The Hall–Kier alpha value is -4.59. The van der Waals surface area contributed by atoms with Crippen LogP contribution in [0.15, 0.2) is 48.5 Å². The van der Waals surface area contributed by atoms with Crippen molar-refractivity contribution in [2.24, 2.45) is 0 Å². The molecule has 0 radical (unpaired) electrons. The molecule has 11 heteroatoms. The van der Waals surface area contributed by atoms with Crippen molar-refractivity contribution in [3.05, 3.63) is 65.2 Å². The summed E-state index contributed by atoms with van der Waals surface area (Å²) in [5, 5.41) is 24.6. The Labute approximate surface area is 240 Å². The number of aromatic hydroxyl groups is 1. The first-order valence-electron chi connectivity index (χ1n) is 13.3. The Kier molecular flexibility index (Phi) is 12.1. The number of amides is 3. The fraction of sp³-hybridized carbons (Fsp3) is 0.433. The van der Waals surface area contributed by atoms with Crippen LogP contribution in [0.1, 0.15) is 56.8 Å².